The highest BCUT2D eigenvalue weighted by atomic mass is 16.6. The van der Waals surface area contributed by atoms with E-state index in [0.717, 1.165) is 74.0 Å². The molecule has 1 aliphatic heterocycles. The predicted molar refractivity (Wildman–Crippen MR) is 182 cm³/mol. The van der Waals surface area contributed by atoms with Crippen molar-refractivity contribution in [2.45, 2.75) is 43.6 Å². The van der Waals surface area contributed by atoms with Gasteiger partial charge in [0.05, 0.1) is 13.7 Å². The number of amides is 1. The molecule has 0 aliphatic carbocycles. The normalized spacial score (nSPS) is 14.0. The van der Waals surface area contributed by atoms with Crippen LogP contribution in [0.3, 0.4) is 0 Å². The van der Waals surface area contributed by atoms with Crippen LogP contribution in [0, 0.1) is 0 Å². The van der Waals surface area contributed by atoms with Gasteiger partial charge in [0.25, 0.3) is 0 Å². The fourth-order valence-corrected chi connectivity index (χ4v) is 6.54. The van der Waals surface area contributed by atoms with E-state index >= 15 is 0 Å². The topological polar surface area (TPSA) is 71.1 Å². The van der Waals surface area contributed by atoms with Gasteiger partial charge in [-0.3, -0.25) is 0 Å². The molecule has 0 radical (unpaired) electrons. The number of nitrogens with one attached hydrogen (secondary N) is 1. The van der Waals surface area contributed by atoms with Gasteiger partial charge in [-0.05, 0) is 85.6 Å². The van der Waals surface area contributed by atoms with E-state index in [2.05, 4.69) is 83.1 Å². The molecule has 1 N–H and O–H groups in total. The minimum absolute atomic E-state index is 0.115. The second-order valence-corrected chi connectivity index (χ2v) is 12.0. The zero-order valence-electron chi connectivity index (χ0n) is 26.7. The summed E-state index contributed by atoms with van der Waals surface area (Å²) >= 11 is 0. The predicted octanol–water partition coefficient (Wildman–Crippen LogP) is 6.98. The first-order valence-electron chi connectivity index (χ1n) is 16.2. The Bertz CT molecular complexity index is 1430. The molecule has 0 aromatic heterocycles. The van der Waals surface area contributed by atoms with Crippen LogP contribution in [0.2, 0.25) is 0 Å². The Balaban J connectivity index is 1.28. The lowest BCUT2D eigenvalue weighted by atomic mass is 9.71. The Morgan fingerprint density at radius 3 is 2.02 bits per heavy atom. The quantitative estimate of drug-likeness (QED) is 0.114. The zero-order valence-corrected chi connectivity index (χ0v) is 26.7. The number of hydrogen-bond acceptors (Lipinski definition) is 6. The minimum atomic E-state index is -0.578. The highest BCUT2D eigenvalue weighted by Crippen LogP contribution is 2.37. The Labute approximate surface area is 273 Å². The molecule has 1 saturated heterocycles. The van der Waals surface area contributed by atoms with Gasteiger partial charge in [0.1, 0.15) is 18.6 Å². The zero-order chi connectivity index (χ0) is 32.0. The van der Waals surface area contributed by atoms with Crippen LogP contribution in [-0.4, -0.2) is 62.1 Å². The number of hydrazine groups is 1. The van der Waals surface area contributed by atoms with Crippen molar-refractivity contribution < 1.29 is 19.1 Å². The summed E-state index contributed by atoms with van der Waals surface area (Å²) in [5.74, 6) is 1.47. The van der Waals surface area contributed by atoms with Crippen LogP contribution in [0.5, 0.6) is 5.75 Å². The smallest absolute Gasteiger partial charge is 0.424 e. The monoisotopic (exact) mass is 619 g/mol. The molecule has 1 amide bonds. The van der Waals surface area contributed by atoms with E-state index in [1.807, 2.05) is 42.5 Å². The summed E-state index contributed by atoms with van der Waals surface area (Å²) in [6.07, 6.45) is 4.26. The van der Waals surface area contributed by atoms with Crippen LogP contribution in [0.15, 0.2) is 115 Å². The molecule has 4 aromatic carbocycles. The van der Waals surface area contributed by atoms with Crippen molar-refractivity contribution in [2.24, 2.45) is 0 Å². The number of ether oxygens (including phenoxy) is 2. The number of carbonyl (C=O) groups is 2. The fourth-order valence-electron chi connectivity index (χ4n) is 6.54. The molecule has 7 nitrogen and oxygen atoms in total. The minimum Gasteiger partial charge on any atom is -0.497 e. The van der Waals surface area contributed by atoms with Crippen molar-refractivity contribution in [1.82, 2.24) is 15.3 Å². The molecule has 0 saturated carbocycles. The number of likely N-dealkylation sites (tertiary alicyclic amines) is 1. The molecular weight excluding hydrogens is 574 g/mol. The molecule has 7 heteroatoms. The van der Waals surface area contributed by atoms with E-state index in [4.69, 9.17) is 9.47 Å². The maximum Gasteiger partial charge on any atom is 0.424 e. The van der Waals surface area contributed by atoms with Gasteiger partial charge >= 0.3 is 6.09 Å². The van der Waals surface area contributed by atoms with E-state index < -0.39 is 11.5 Å². The van der Waals surface area contributed by atoms with Gasteiger partial charge in [-0.1, -0.05) is 103 Å². The molecule has 240 valence electrons. The van der Waals surface area contributed by atoms with Crippen LogP contribution in [0.4, 0.5) is 4.79 Å². The van der Waals surface area contributed by atoms with Gasteiger partial charge < -0.3 is 19.2 Å². The first-order valence-corrected chi connectivity index (χ1v) is 16.2. The number of rotatable bonds is 15. The maximum absolute atomic E-state index is 13.1. The maximum atomic E-state index is 13.1. The summed E-state index contributed by atoms with van der Waals surface area (Å²) < 4.78 is 10.9. The summed E-state index contributed by atoms with van der Waals surface area (Å²) in [6, 6.07) is 39.0. The van der Waals surface area contributed by atoms with Crippen molar-refractivity contribution in [3.63, 3.8) is 0 Å². The van der Waals surface area contributed by atoms with Gasteiger partial charge in [0, 0.05) is 12.0 Å². The molecule has 46 heavy (non-hydrogen) atoms. The molecular formula is C39H45N3O4. The van der Waals surface area contributed by atoms with Gasteiger partial charge in [-0.15, -0.1) is 0 Å². The lowest BCUT2D eigenvalue weighted by Gasteiger charge is -2.38. The molecule has 5 rings (SSSR count). The largest absolute Gasteiger partial charge is 0.497 e. The summed E-state index contributed by atoms with van der Waals surface area (Å²) in [4.78, 5) is 27.4. The van der Waals surface area contributed by atoms with Gasteiger partial charge in [0.2, 0.25) is 0 Å². The third kappa shape index (κ3) is 8.62. The van der Waals surface area contributed by atoms with Gasteiger partial charge in [-0.25, -0.2) is 15.2 Å². The second-order valence-electron chi connectivity index (χ2n) is 12.0. The molecule has 4 aromatic rings. The number of piperidine rings is 1. The van der Waals surface area contributed by atoms with Gasteiger partial charge in [-0.2, -0.15) is 0 Å². The molecule has 0 atom stereocenters. The SMILES string of the molecule is COc1ccc(C2CCN(CCCC(CNN(CC=O)C(=O)OCc3ccccc3)(c3ccccc3)c3ccccc3)CC2)cc1. The Kier molecular flexibility index (Phi) is 12.0. The average Bonchev–Trinajstić information content (AvgIpc) is 3.13. The van der Waals surface area contributed by atoms with Crippen LogP contribution in [0.1, 0.15) is 53.9 Å². The Morgan fingerprint density at radius 2 is 1.46 bits per heavy atom. The van der Waals surface area contributed by atoms with Crippen LogP contribution < -0.4 is 10.2 Å². The number of benzene rings is 4. The fraction of sp³-hybridized carbons (Fsp3) is 0.333. The van der Waals surface area contributed by atoms with Crippen molar-refractivity contribution in [3.8, 4) is 5.75 Å². The highest BCUT2D eigenvalue weighted by molar-refractivity contribution is 5.70. The second kappa shape index (κ2) is 16.7. The summed E-state index contributed by atoms with van der Waals surface area (Å²) in [6.45, 7) is 3.57. The molecule has 0 bridgehead atoms. The lowest BCUT2D eigenvalue weighted by molar-refractivity contribution is -0.109. The highest BCUT2D eigenvalue weighted by Gasteiger charge is 2.35. The standard InChI is InChI=1S/C39H45N3O4/c1-45-37-20-18-33(19-21-37)34-22-26-41(27-23-34)25-11-24-39(35-14-7-3-8-15-35,36-16-9-4-10-17-36)31-40-42(28-29-43)38(44)46-30-32-12-5-2-6-13-32/h2-10,12-21,29,34,40H,11,22-28,30-31H2,1H3. The first-order chi connectivity index (χ1) is 22.6. The number of aldehydes is 1. The van der Waals surface area contributed by atoms with Crippen LogP contribution in [0.25, 0.3) is 0 Å². The number of hydrogen-bond donors (Lipinski definition) is 1. The molecule has 0 spiro atoms. The number of nitrogens with zero attached hydrogens (tertiary/aromatic N) is 2. The third-order valence-electron chi connectivity index (χ3n) is 9.16. The Hall–Kier alpha value is -4.46. The van der Waals surface area contributed by atoms with E-state index in [1.165, 1.54) is 10.6 Å². The van der Waals surface area contributed by atoms with Crippen molar-refractivity contribution >= 4 is 12.4 Å². The summed E-state index contributed by atoms with van der Waals surface area (Å²) in [7, 11) is 1.70. The lowest BCUT2D eigenvalue weighted by Crippen LogP contribution is -2.51. The third-order valence-corrected chi connectivity index (χ3v) is 9.16. The molecule has 1 fully saturated rings. The van der Waals surface area contributed by atoms with Crippen molar-refractivity contribution in [2.75, 3.05) is 39.8 Å². The van der Waals surface area contributed by atoms with Crippen LogP contribution >= 0.6 is 0 Å². The average molecular weight is 620 g/mol. The van der Waals surface area contributed by atoms with Crippen molar-refractivity contribution in [1.29, 1.82) is 0 Å². The summed E-state index contributed by atoms with van der Waals surface area (Å²) in [5.41, 5.74) is 7.48. The molecule has 0 unspecified atom stereocenters. The number of carbonyl (C=O) groups excluding carboxylic acids is 2. The molecule has 1 aliphatic rings. The summed E-state index contributed by atoms with van der Waals surface area (Å²) in [5, 5.41) is 1.29. The Morgan fingerprint density at radius 1 is 0.870 bits per heavy atom. The van der Waals surface area contributed by atoms with Crippen molar-refractivity contribution in [3.05, 3.63) is 138 Å². The van der Waals surface area contributed by atoms with E-state index in [1.54, 1.807) is 7.11 Å². The van der Waals surface area contributed by atoms with Gasteiger partial charge in [0.15, 0.2) is 0 Å². The molecule has 1 heterocycles. The van der Waals surface area contributed by atoms with E-state index in [-0.39, 0.29) is 13.2 Å². The van der Waals surface area contributed by atoms with E-state index in [0.29, 0.717) is 12.5 Å². The van der Waals surface area contributed by atoms with Crippen LogP contribution in [-0.2, 0) is 21.6 Å². The first kappa shape index (κ1) is 32.9. The van der Waals surface area contributed by atoms with E-state index in [9.17, 15) is 9.59 Å². The number of methoxy groups -OCH3 is 1.